The molecule has 1 amide bonds. The molecule has 1 atom stereocenters. The molecule has 0 saturated carbocycles. The fourth-order valence-electron chi connectivity index (χ4n) is 3.35. The van der Waals surface area contributed by atoms with Crippen molar-refractivity contribution >= 4 is 17.3 Å². The molecule has 126 valence electrons. The highest BCUT2D eigenvalue weighted by molar-refractivity contribution is 5.95. The second-order valence-corrected chi connectivity index (χ2v) is 6.76. The van der Waals surface area contributed by atoms with Gasteiger partial charge in [-0.05, 0) is 35.6 Å². The van der Waals surface area contributed by atoms with E-state index in [-0.39, 0.29) is 11.9 Å². The number of carbonyl (C=O) groups is 1. The van der Waals surface area contributed by atoms with Crippen LogP contribution in [0.15, 0.2) is 48.5 Å². The highest BCUT2D eigenvalue weighted by atomic mass is 16.2. The average molecular weight is 323 g/mol. The Morgan fingerprint density at radius 2 is 1.92 bits per heavy atom. The summed E-state index contributed by atoms with van der Waals surface area (Å²) in [5.74, 6) is 0.359. The Kier molecular flexibility index (Phi) is 4.86. The summed E-state index contributed by atoms with van der Waals surface area (Å²) in [6.07, 6.45) is 0.866. The Balaban J connectivity index is 1.74. The average Bonchev–Trinajstić information content (AvgIpc) is 2.55. The molecule has 24 heavy (non-hydrogen) atoms. The number of carbonyl (C=O) groups excluding carboxylic acids is 1. The monoisotopic (exact) mass is 323 g/mol. The lowest BCUT2D eigenvalue weighted by molar-refractivity contribution is -0.115. The predicted octanol–water partition coefficient (Wildman–Crippen LogP) is 3.14. The number of nitrogens with one attached hydrogen (secondary N) is 1. The summed E-state index contributed by atoms with van der Waals surface area (Å²) in [4.78, 5) is 14.7. The summed E-state index contributed by atoms with van der Waals surface area (Å²) in [6.45, 7) is 5.28. The molecule has 0 spiro atoms. The lowest BCUT2D eigenvalue weighted by Gasteiger charge is -2.34. The van der Waals surface area contributed by atoms with Gasteiger partial charge in [-0.1, -0.05) is 50.2 Å². The zero-order valence-corrected chi connectivity index (χ0v) is 14.3. The number of hydrogen-bond acceptors (Lipinski definition) is 3. The first kappa shape index (κ1) is 16.5. The number of nitrogens with zero attached hydrogens (tertiary/aromatic N) is 1. The fourth-order valence-corrected chi connectivity index (χ4v) is 3.35. The topological polar surface area (TPSA) is 58.4 Å². The van der Waals surface area contributed by atoms with E-state index in [4.69, 9.17) is 5.73 Å². The summed E-state index contributed by atoms with van der Waals surface area (Å²) in [6, 6.07) is 16.2. The van der Waals surface area contributed by atoms with E-state index in [0.29, 0.717) is 19.0 Å². The van der Waals surface area contributed by atoms with Gasteiger partial charge in [-0.25, -0.2) is 0 Å². The van der Waals surface area contributed by atoms with E-state index < -0.39 is 0 Å². The van der Waals surface area contributed by atoms with Crippen LogP contribution >= 0.6 is 0 Å². The molecular weight excluding hydrogens is 298 g/mol. The Morgan fingerprint density at radius 1 is 1.21 bits per heavy atom. The van der Waals surface area contributed by atoms with E-state index in [2.05, 4.69) is 42.3 Å². The highest BCUT2D eigenvalue weighted by Gasteiger charge is 2.23. The van der Waals surface area contributed by atoms with Gasteiger partial charge in [0.2, 0.25) is 5.91 Å². The van der Waals surface area contributed by atoms with Crippen LogP contribution < -0.4 is 16.0 Å². The smallest absolute Gasteiger partial charge is 0.243 e. The minimum Gasteiger partial charge on any atom is -0.360 e. The molecule has 0 aromatic heterocycles. The number of fused-ring (bicyclic) bond motifs is 1. The summed E-state index contributed by atoms with van der Waals surface area (Å²) in [5.41, 5.74) is 10.5. The number of hydrogen-bond donors (Lipinski definition) is 2. The number of nitrogens with two attached hydrogens (primary N) is 1. The van der Waals surface area contributed by atoms with Gasteiger partial charge in [0.1, 0.15) is 0 Å². The maximum atomic E-state index is 12.6. The van der Waals surface area contributed by atoms with Crippen molar-refractivity contribution in [2.24, 2.45) is 5.73 Å². The Morgan fingerprint density at radius 3 is 2.71 bits per heavy atom. The third-order valence-electron chi connectivity index (χ3n) is 4.46. The van der Waals surface area contributed by atoms with Gasteiger partial charge in [-0.15, -0.1) is 0 Å². The van der Waals surface area contributed by atoms with Crippen molar-refractivity contribution in [2.45, 2.75) is 32.2 Å². The minimum absolute atomic E-state index is 0.00740. The molecule has 0 bridgehead atoms. The molecule has 0 fully saturated rings. The van der Waals surface area contributed by atoms with E-state index in [0.717, 1.165) is 23.4 Å². The SMILES string of the molecule is CC(C)c1ccccc1NC(=O)CN1CC(N)Cc2ccccc21. The first-order valence-electron chi connectivity index (χ1n) is 8.52. The van der Waals surface area contributed by atoms with Gasteiger partial charge >= 0.3 is 0 Å². The molecule has 1 unspecified atom stereocenters. The minimum atomic E-state index is -0.00740. The predicted molar refractivity (Wildman–Crippen MR) is 99.5 cm³/mol. The second kappa shape index (κ2) is 7.05. The van der Waals surface area contributed by atoms with Crippen LogP contribution in [0, 0.1) is 0 Å². The molecule has 4 heteroatoms. The van der Waals surface area contributed by atoms with E-state index in [1.165, 1.54) is 5.56 Å². The first-order chi connectivity index (χ1) is 11.5. The molecule has 0 saturated heterocycles. The fraction of sp³-hybridized carbons (Fsp3) is 0.350. The van der Waals surface area contributed by atoms with Gasteiger partial charge in [0.05, 0.1) is 6.54 Å². The molecular formula is C20H25N3O. The molecule has 3 N–H and O–H groups in total. The lowest BCUT2D eigenvalue weighted by Crippen LogP contribution is -2.46. The van der Waals surface area contributed by atoms with Crippen LogP contribution in [0.2, 0.25) is 0 Å². The van der Waals surface area contributed by atoms with Crippen LogP contribution in [0.4, 0.5) is 11.4 Å². The molecule has 0 aliphatic carbocycles. The largest absolute Gasteiger partial charge is 0.360 e. The zero-order valence-electron chi connectivity index (χ0n) is 14.3. The number of benzene rings is 2. The van der Waals surface area contributed by atoms with Crippen molar-refractivity contribution in [3.8, 4) is 0 Å². The van der Waals surface area contributed by atoms with E-state index >= 15 is 0 Å². The van der Waals surface area contributed by atoms with Gasteiger partial charge in [0.25, 0.3) is 0 Å². The van der Waals surface area contributed by atoms with Crippen molar-refractivity contribution in [1.82, 2.24) is 0 Å². The summed E-state index contributed by atoms with van der Waals surface area (Å²) in [7, 11) is 0. The Labute approximate surface area is 143 Å². The van der Waals surface area contributed by atoms with Crippen LogP contribution in [-0.4, -0.2) is 25.0 Å². The Bertz CT molecular complexity index is 726. The number of para-hydroxylation sites is 2. The van der Waals surface area contributed by atoms with Crippen LogP contribution in [0.5, 0.6) is 0 Å². The van der Waals surface area contributed by atoms with E-state index in [1.54, 1.807) is 0 Å². The summed E-state index contributed by atoms with van der Waals surface area (Å²) in [5, 5.41) is 3.06. The third kappa shape index (κ3) is 3.60. The molecule has 1 heterocycles. The molecule has 0 radical (unpaired) electrons. The molecule has 4 nitrogen and oxygen atoms in total. The Hall–Kier alpha value is -2.33. The maximum Gasteiger partial charge on any atom is 0.243 e. The number of anilines is 2. The van der Waals surface area contributed by atoms with Crippen molar-refractivity contribution in [3.05, 3.63) is 59.7 Å². The highest BCUT2D eigenvalue weighted by Crippen LogP contribution is 2.27. The maximum absolute atomic E-state index is 12.6. The van der Waals surface area contributed by atoms with Crippen molar-refractivity contribution < 1.29 is 4.79 Å². The van der Waals surface area contributed by atoms with Gasteiger partial charge in [0.15, 0.2) is 0 Å². The second-order valence-electron chi connectivity index (χ2n) is 6.76. The zero-order chi connectivity index (χ0) is 17.1. The quantitative estimate of drug-likeness (QED) is 0.909. The van der Waals surface area contributed by atoms with Gasteiger partial charge in [0, 0.05) is 24.0 Å². The summed E-state index contributed by atoms with van der Waals surface area (Å²) < 4.78 is 0. The van der Waals surface area contributed by atoms with Gasteiger partial charge < -0.3 is 16.0 Å². The molecule has 2 aromatic rings. The first-order valence-corrected chi connectivity index (χ1v) is 8.52. The van der Waals surface area contributed by atoms with Crippen LogP contribution in [-0.2, 0) is 11.2 Å². The van der Waals surface area contributed by atoms with E-state index in [1.807, 2.05) is 30.3 Å². The van der Waals surface area contributed by atoms with Crippen LogP contribution in [0.1, 0.15) is 30.9 Å². The lowest BCUT2D eigenvalue weighted by atomic mass is 9.98. The molecule has 2 aromatic carbocycles. The van der Waals surface area contributed by atoms with Crippen molar-refractivity contribution in [2.75, 3.05) is 23.3 Å². The van der Waals surface area contributed by atoms with Crippen molar-refractivity contribution in [1.29, 1.82) is 0 Å². The molecule has 1 aliphatic heterocycles. The summed E-state index contributed by atoms with van der Waals surface area (Å²) >= 11 is 0. The number of amides is 1. The van der Waals surface area contributed by atoms with Crippen LogP contribution in [0.3, 0.4) is 0 Å². The molecule has 1 aliphatic rings. The van der Waals surface area contributed by atoms with Crippen molar-refractivity contribution in [3.63, 3.8) is 0 Å². The van der Waals surface area contributed by atoms with Crippen LogP contribution in [0.25, 0.3) is 0 Å². The van der Waals surface area contributed by atoms with Gasteiger partial charge in [-0.3, -0.25) is 4.79 Å². The molecule has 3 rings (SSSR count). The van der Waals surface area contributed by atoms with E-state index in [9.17, 15) is 4.79 Å². The third-order valence-corrected chi connectivity index (χ3v) is 4.46. The number of rotatable bonds is 4. The normalized spacial score (nSPS) is 16.8. The van der Waals surface area contributed by atoms with Gasteiger partial charge in [-0.2, -0.15) is 0 Å². The standard InChI is InChI=1S/C20H25N3O/c1-14(2)17-8-4-5-9-18(17)22-20(24)13-23-12-16(21)11-15-7-3-6-10-19(15)23/h3-10,14,16H,11-13,21H2,1-2H3,(H,22,24).